The molecule has 0 bridgehead atoms. The Balaban J connectivity index is 1.80. The van der Waals surface area contributed by atoms with Crippen molar-refractivity contribution in [2.24, 2.45) is 0 Å². The molecule has 1 atom stereocenters. The molecule has 2 rings (SSSR count). The molecular formula is C19H25N. The van der Waals surface area contributed by atoms with Crippen LogP contribution in [0.5, 0.6) is 0 Å². The Morgan fingerprint density at radius 2 is 1.75 bits per heavy atom. The summed E-state index contributed by atoms with van der Waals surface area (Å²) in [4.78, 5) is 0. The number of benzene rings is 2. The van der Waals surface area contributed by atoms with E-state index in [-0.39, 0.29) is 0 Å². The van der Waals surface area contributed by atoms with Crippen LogP contribution < -0.4 is 5.32 Å². The van der Waals surface area contributed by atoms with Crippen LogP contribution in [-0.4, -0.2) is 6.54 Å². The number of aryl methyl sites for hydroxylation is 3. The average Bonchev–Trinajstić information content (AvgIpc) is 2.47. The lowest BCUT2D eigenvalue weighted by Crippen LogP contribution is -2.21. The van der Waals surface area contributed by atoms with Crippen LogP contribution in [-0.2, 0) is 6.42 Å². The lowest BCUT2D eigenvalue weighted by molar-refractivity contribution is 0.556. The molecule has 0 aromatic heterocycles. The van der Waals surface area contributed by atoms with Gasteiger partial charge in [0.1, 0.15) is 0 Å². The van der Waals surface area contributed by atoms with E-state index in [2.05, 4.69) is 74.6 Å². The van der Waals surface area contributed by atoms with E-state index >= 15 is 0 Å². The third kappa shape index (κ3) is 4.21. The highest BCUT2D eigenvalue weighted by Crippen LogP contribution is 2.18. The van der Waals surface area contributed by atoms with E-state index in [0.717, 1.165) is 13.0 Å². The molecule has 0 amide bonds. The third-order valence-electron chi connectivity index (χ3n) is 3.84. The highest BCUT2D eigenvalue weighted by atomic mass is 14.9. The van der Waals surface area contributed by atoms with E-state index in [4.69, 9.17) is 0 Å². The van der Waals surface area contributed by atoms with Gasteiger partial charge in [-0.1, -0.05) is 54.1 Å². The molecule has 0 saturated heterocycles. The maximum atomic E-state index is 3.64. The molecule has 0 aliphatic heterocycles. The van der Waals surface area contributed by atoms with Crippen molar-refractivity contribution in [1.29, 1.82) is 0 Å². The minimum atomic E-state index is 0.422. The number of hydrogen-bond donors (Lipinski definition) is 1. The zero-order valence-electron chi connectivity index (χ0n) is 12.8. The molecule has 0 fully saturated rings. The van der Waals surface area contributed by atoms with Crippen molar-refractivity contribution in [3.05, 3.63) is 70.8 Å². The van der Waals surface area contributed by atoms with Gasteiger partial charge in [-0.05, 0) is 56.8 Å². The average molecular weight is 267 g/mol. The molecule has 0 radical (unpaired) electrons. The van der Waals surface area contributed by atoms with Crippen LogP contribution in [0.15, 0.2) is 48.5 Å². The molecule has 20 heavy (non-hydrogen) atoms. The summed E-state index contributed by atoms with van der Waals surface area (Å²) in [6.45, 7) is 7.66. The highest BCUT2D eigenvalue weighted by Gasteiger charge is 2.07. The van der Waals surface area contributed by atoms with Gasteiger partial charge in [0.25, 0.3) is 0 Å². The fraction of sp³-hybridized carbons (Fsp3) is 0.368. The first kappa shape index (κ1) is 14.8. The Kier molecular flexibility index (Phi) is 5.37. The molecule has 2 aromatic carbocycles. The second-order valence-corrected chi connectivity index (χ2v) is 5.63. The van der Waals surface area contributed by atoms with Gasteiger partial charge in [-0.3, -0.25) is 0 Å². The van der Waals surface area contributed by atoms with E-state index in [0.29, 0.717) is 6.04 Å². The van der Waals surface area contributed by atoms with Crippen molar-refractivity contribution in [2.75, 3.05) is 6.54 Å². The van der Waals surface area contributed by atoms with Crippen molar-refractivity contribution >= 4 is 0 Å². The van der Waals surface area contributed by atoms with Gasteiger partial charge in [0.15, 0.2) is 0 Å². The van der Waals surface area contributed by atoms with Gasteiger partial charge < -0.3 is 5.32 Å². The molecule has 0 aliphatic carbocycles. The largest absolute Gasteiger partial charge is 0.310 e. The molecule has 1 heteroatoms. The van der Waals surface area contributed by atoms with Crippen molar-refractivity contribution in [2.45, 2.75) is 39.7 Å². The summed E-state index contributed by atoms with van der Waals surface area (Å²) in [5.74, 6) is 0. The second-order valence-electron chi connectivity index (χ2n) is 5.63. The van der Waals surface area contributed by atoms with Crippen LogP contribution in [0.4, 0.5) is 0 Å². The van der Waals surface area contributed by atoms with Crippen molar-refractivity contribution in [1.82, 2.24) is 5.32 Å². The zero-order chi connectivity index (χ0) is 14.4. The standard InChI is InChI=1S/C19H25N/c1-15-11-12-16(2)19(14-15)17(3)20-13-7-10-18-8-5-4-6-9-18/h4-6,8-9,11-12,14,17,20H,7,10,13H2,1-3H3. The molecule has 1 N–H and O–H groups in total. The van der Waals surface area contributed by atoms with E-state index in [1.165, 1.54) is 28.7 Å². The third-order valence-corrected chi connectivity index (χ3v) is 3.84. The minimum absolute atomic E-state index is 0.422. The smallest absolute Gasteiger partial charge is 0.0294 e. The topological polar surface area (TPSA) is 12.0 Å². The molecule has 106 valence electrons. The fourth-order valence-electron chi connectivity index (χ4n) is 2.59. The van der Waals surface area contributed by atoms with Crippen LogP contribution in [0.25, 0.3) is 0 Å². The van der Waals surface area contributed by atoms with E-state index in [1.807, 2.05) is 0 Å². The van der Waals surface area contributed by atoms with Gasteiger partial charge in [-0.25, -0.2) is 0 Å². The predicted octanol–water partition coefficient (Wildman–Crippen LogP) is 4.59. The van der Waals surface area contributed by atoms with Crippen LogP contribution >= 0.6 is 0 Å². The molecule has 0 saturated carbocycles. The van der Waals surface area contributed by atoms with Gasteiger partial charge >= 0.3 is 0 Å². The number of hydrogen-bond acceptors (Lipinski definition) is 1. The van der Waals surface area contributed by atoms with Gasteiger partial charge in [0.2, 0.25) is 0 Å². The fourth-order valence-corrected chi connectivity index (χ4v) is 2.59. The SMILES string of the molecule is Cc1ccc(C)c(C(C)NCCCc2ccccc2)c1. The quantitative estimate of drug-likeness (QED) is 0.755. The van der Waals surface area contributed by atoms with Gasteiger partial charge in [0, 0.05) is 6.04 Å². The Hall–Kier alpha value is -1.60. The van der Waals surface area contributed by atoms with Crippen molar-refractivity contribution in [3.63, 3.8) is 0 Å². The molecule has 0 aliphatic rings. The van der Waals surface area contributed by atoms with Crippen LogP contribution in [0, 0.1) is 13.8 Å². The minimum Gasteiger partial charge on any atom is -0.310 e. The zero-order valence-corrected chi connectivity index (χ0v) is 12.8. The monoisotopic (exact) mass is 267 g/mol. The number of nitrogens with one attached hydrogen (secondary N) is 1. The van der Waals surface area contributed by atoms with Crippen LogP contribution in [0.3, 0.4) is 0 Å². The summed E-state index contributed by atoms with van der Waals surface area (Å²) < 4.78 is 0. The van der Waals surface area contributed by atoms with Crippen molar-refractivity contribution in [3.8, 4) is 0 Å². The molecule has 1 unspecified atom stereocenters. The Labute approximate surface area is 123 Å². The summed E-state index contributed by atoms with van der Waals surface area (Å²) in [5, 5.41) is 3.64. The van der Waals surface area contributed by atoms with Gasteiger partial charge in [-0.2, -0.15) is 0 Å². The van der Waals surface area contributed by atoms with E-state index < -0.39 is 0 Å². The van der Waals surface area contributed by atoms with Crippen LogP contribution in [0.2, 0.25) is 0 Å². The maximum absolute atomic E-state index is 3.64. The molecule has 1 nitrogen and oxygen atoms in total. The van der Waals surface area contributed by atoms with Gasteiger partial charge in [0.05, 0.1) is 0 Å². The predicted molar refractivity (Wildman–Crippen MR) is 87.1 cm³/mol. The summed E-state index contributed by atoms with van der Waals surface area (Å²) >= 11 is 0. The van der Waals surface area contributed by atoms with Crippen molar-refractivity contribution < 1.29 is 0 Å². The Morgan fingerprint density at radius 3 is 2.50 bits per heavy atom. The van der Waals surface area contributed by atoms with E-state index in [1.54, 1.807) is 0 Å². The summed E-state index contributed by atoms with van der Waals surface area (Å²) in [7, 11) is 0. The normalized spacial score (nSPS) is 12.3. The Bertz CT molecular complexity index is 531. The Morgan fingerprint density at radius 1 is 1.00 bits per heavy atom. The first-order chi connectivity index (χ1) is 9.66. The van der Waals surface area contributed by atoms with Crippen LogP contribution in [0.1, 0.15) is 41.6 Å². The number of rotatable bonds is 6. The second kappa shape index (κ2) is 7.25. The first-order valence-corrected chi connectivity index (χ1v) is 7.51. The van der Waals surface area contributed by atoms with Gasteiger partial charge in [-0.15, -0.1) is 0 Å². The molecule has 0 heterocycles. The molecular weight excluding hydrogens is 242 g/mol. The summed E-state index contributed by atoms with van der Waals surface area (Å²) in [5.41, 5.74) is 5.56. The molecule has 2 aromatic rings. The lowest BCUT2D eigenvalue weighted by Gasteiger charge is -2.17. The first-order valence-electron chi connectivity index (χ1n) is 7.51. The summed E-state index contributed by atoms with van der Waals surface area (Å²) in [6, 6.07) is 17.8. The highest BCUT2D eigenvalue weighted by molar-refractivity contribution is 5.32. The maximum Gasteiger partial charge on any atom is 0.0294 e. The molecule has 0 spiro atoms. The lowest BCUT2D eigenvalue weighted by atomic mass is 10.00. The van der Waals surface area contributed by atoms with E-state index in [9.17, 15) is 0 Å². The summed E-state index contributed by atoms with van der Waals surface area (Å²) in [6.07, 6.45) is 2.33.